The molecule has 0 aliphatic carbocycles. The Morgan fingerprint density at radius 3 is 2.37 bits per heavy atom. The molecule has 4 heterocycles. The van der Waals surface area contributed by atoms with E-state index < -0.39 is 9.84 Å². The van der Waals surface area contributed by atoms with Gasteiger partial charge in [0.25, 0.3) is 0 Å². The number of aryl methyl sites for hydroxylation is 1. The Balaban J connectivity index is 1.17. The maximum Gasteiger partial charge on any atom is 0.175 e. The summed E-state index contributed by atoms with van der Waals surface area (Å²) in [7, 11) is -3.18. The number of aromatic nitrogens is 2. The number of benzene rings is 1. The van der Waals surface area contributed by atoms with E-state index in [1.807, 2.05) is 12.1 Å². The summed E-state index contributed by atoms with van der Waals surface area (Å²) in [6, 6.07) is 9.33. The van der Waals surface area contributed by atoms with E-state index in [-0.39, 0.29) is 0 Å². The lowest BCUT2D eigenvalue weighted by Crippen LogP contribution is -2.56. The molecule has 0 radical (unpaired) electrons. The van der Waals surface area contributed by atoms with Crippen LogP contribution in [0.2, 0.25) is 0 Å². The third-order valence-corrected chi connectivity index (χ3v) is 10.7. The minimum Gasteiger partial charge on any atom is -0.334 e. The fourth-order valence-electron chi connectivity index (χ4n) is 7.51. The third-order valence-electron chi connectivity index (χ3n) is 9.60. The standard InChI is InChI=1S/C31H48N4O2S/c1-6-27-18-28(17-23(4)35(27)19-22(2)3)33-15-13-24(14-16-33)26-9-12-31-32-30(21-34(31)20-26)25-7-10-29(11-8-25)38(5,36)37/h7-8,10-11,21-24,26-28H,6,9,12-20H2,1-5H3/t23?,26-,27?,28?/m0/s1. The van der Waals surface area contributed by atoms with Crippen LogP contribution in [0.1, 0.15) is 72.0 Å². The van der Waals surface area contributed by atoms with Gasteiger partial charge in [0.2, 0.25) is 0 Å². The maximum absolute atomic E-state index is 11.8. The summed E-state index contributed by atoms with van der Waals surface area (Å²) in [4.78, 5) is 10.9. The van der Waals surface area contributed by atoms with Gasteiger partial charge in [-0.25, -0.2) is 13.4 Å². The molecule has 0 N–H and O–H groups in total. The quantitative estimate of drug-likeness (QED) is 0.463. The van der Waals surface area contributed by atoms with Gasteiger partial charge in [0.1, 0.15) is 5.82 Å². The first kappa shape index (κ1) is 27.9. The zero-order valence-electron chi connectivity index (χ0n) is 24.1. The summed E-state index contributed by atoms with van der Waals surface area (Å²) in [5.41, 5.74) is 1.95. The lowest BCUT2D eigenvalue weighted by atomic mass is 9.79. The summed E-state index contributed by atoms with van der Waals surface area (Å²) < 4.78 is 26.0. The van der Waals surface area contributed by atoms with Crippen LogP contribution >= 0.6 is 0 Å². The van der Waals surface area contributed by atoms with Crippen molar-refractivity contribution in [3.63, 3.8) is 0 Å². The molecule has 0 saturated carbocycles. The molecule has 38 heavy (non-hydrogen) atoms. The number of nitrogens with zero attached hydrogens (tertiary/aromatic N) is 4. The van der Waals surface area contributed by atoms with Crippen molar-refractivity contribution >= 4 is 9.84 Å². The largest absolute Gasteiger partial charge is 0.334 e. The average molecular weight is 541 g/mol. The number of hydrogen-bond acceptors (Lipinski definition) is 5. The molecule has 0 spiro atoms. The molecule has 1 aromatic carbocycles. The van der Waals surface area contributed by atoms with Gasteiger partial charge < -0.3 is 9.47 Å². The molecule has 5 rings (SSSR count). The van der Waals surface area contributed by atoms with Crippen molar-refractivity contribution in [2.24, 2.45) is 17.8 Å². The molecule has 0 amide bonds. The predicted octanol–water partition coefficient (Wildman–Crippen LogP) is 5.52. The molecule has 6 nitrogen and oxygen atoms in total. The molecule has 3 aliphatic heterocycles. The van der Waals surface area contributed by atoms with Gasteiger partial charge in [0, 0.05) is 55.7 Å². The van der Waals surface area contributed by atoms with Gasteiger partial charge in [-0.3, -0.25) is 4.90 Å². The highest BCUT2D eigenvalue weighted by Crippen LogP contribution is 2.37. The van der Waals surface area contributed by atoms with Crippen LogP contribution in [0.4, 0.5) is 0 Å². The first-order chi connectivity index (χ1) is 18.1. The van der Waals surface area contributed by atoms with Crippen LogP contribution < -0.4 is 0 Å². The van der Waals surface area contributed by atoms with Crippen molar-refractivity contribution in [1.29, 1.82) is 0 Å². The number of likely N-dealkylation sites (tertiary alicyclic amines) is 2. The number of fused-ring (bicyclic) bond motifs is 1. The molecular weight excluding hydrogens is 492 g/mol. The van der Waals surface area contributed by atoms with E-state index in [4.69, 9.17) is 4.98 Å². The molecule has 1 aromatic heterocycles. The van der Waals surface area contributed by atoms with Crippen molar-refractivity contribution in [1.82, 2.24) is 19.4 Å². The van der Waals surface area contributed by atoms with E-state index in [2.05, 4.69) is 48.3 Å². The smallest absolute Gasteiger partial charge is 0.175 e. The average Bonchev–Trinajstić information content (AvgIpc) is 3.33. The van der Waals surface area contributed by atoms with Crippen LogP contribution in [0.3, 0.4) is 0 Å². The van der Waals surface area contributed by atoms with Crippen molar-refractivity contribution < 1.29 is 8.42 Å². The molecule has 4 atom stereocenters. The Morgan fingerprint density at radius 1 is 1.03 bits per heavy atom. The SMILES string of the molecule is CCC1CC(N2CCC([C@H]3CCc4nc(-c5ccc(S(C)(=O)=O)cc5)cn4C3)CC2)CC(C)N1CC(C)C. The highest BCUT2D eigenvalue weighted by molar-refractivity contribution is 7.90. The first-order valence-electron chi connectivity index (χ1n) is 15.0. The molecule has 3 unspecified atom stereocenters. The van der Waals surface area contributed by atoms with Gasteiger partial charge in [-0.2, -0.15) is 0 Å². The van der Waals surface area contributed by atoms with Crippen LogP contribution in [-0.2, 0) is 22.8 Å². The third kappa shape index (κ3) is 6.05. The zero-order valence-corrected chi connectivity index (χ0v) is 25.0. The normalized spacial score (nSPS) is 28.1. The van der Waals surface area contributed by atoms with E-state index in [9.17, 15) is 8.42 Å². The van der Waals surface area contributed by atoms with Crippen LogP contribution in [0.5, 0.6) is 0 Å². The lowest BCUT2D eigenvalue weighted by molar-refractivity contribution is 0.00240. The predicted molar refractivity (Wildman–Crippen MR) is 155 cm³/mol. The van der Waals surface area contributed by atoms with Gasteiger partial charge in [-0.1, -0.05) is 32.9 Å². The summed E-state index contributed by atoms with van der Waals surface area (Å²) in [6.07, 6.45) is 12.3. The van der Waals surface area contributed by atoms with Crippen molar-refractivity contribution in [3.8, 4) is 11.3 Å². The molecule has 7 heteroatoms. The van der Waals surface area contributed by atoms with Crippen molar-refractivity contribution in [3.05, 3.63) is 36.3 Å². The van der Waals surface area contributed by atoms with Crippen molar-refractivity contribution in [2.45, 2.75) is 102 Å². The van der Waals surface area contributed by atoms with Gasteiger partial charge >= 0.3 is 0 Å². The molecular formula is C31H48N4O2S. The van der Waals surface area contributed by atoms with Crippen LogP contribution in [0, 0.1) is 17.8 Å². The van der Waals surface area contributed by atoms with Crippen LogP contribution in [0.25, 0.3) is 11.3 Å². The Hall–Kier alpha value is -1.70. The Kier molecular flexibility index (Phi) is 8.37. The van der Waals surface area contributed by atoms with E-state index in [0.29, 0.717) is 10.9 Å². The Bertz CT molecular complexity index is 1180. The van der Waals surface area contributed by atoms with E-state index in [1.165, 1.54) is 70.2 Å². The zero-order chi connectivity index (χ0) is 27.0. The number of rotatable bonds is 7. The summed E-state index contributed by atoms with van der Waals surface area (Å²) in [6.45, 7) is 14.4. The van der Waals surface area contributed by atoms with Gasteiger partial charge in [-0.15, -0.1) is 0 Å². The number of piperidine rings is 2. The molecule has 210 valence electrons. The highest BCUT2D eigenvalue weighted by atomic mass is 32.2. The Labute approximate surface area is 230 Å². The minimum atomic E-state index is -3.18. The van der Waals surface area contributed by atoms with Gasteiger partial charge in [0.05, 0.1) is 10.6 Å². The first-order valence-corrected chi connectivity index (χ1v) is 16.9. The Morgan fingerprint density at radius 2 is 1.74 bits per heavy atom. The second-order valence-electron chi connectivity index (χ2n) is 12.8. The number of imidazole rings is 1. The highest BCUT2D eigenvalue weighted by Gasteiger charge is 2.37. The maximum atomic E-state index is 11.8. The van der Waals surface area contributed by atoms with Crippen LogP contribution in [0.15, 0.2) is 35.4 Å². The van der Waals surface area contributed by atoms with Gasteiger partial charge in [-0.05, 0) is 88.4 Å². The summed E-state index contributed by atoms with van der Waals surface area (Å²) >= 11 is 0. The molecule has 2 aromatic rings. The fourth-order valence-corrected chi connectivity index (χ4v) is 8.14. The molecule has 3 aliphatic rings. The minimum absolute atomic E-state index is 0.359. The number of sulfone groups is 1. The second-order valence-corrected chi connectivity index (χ2v) is 14.8. The fraction of sp³-hybridized carbons (Fsp3) is 0.710. The summed E-state index contributed by atoms with van der Waals surface area (Å²) in [5, 5.41) is 0. The second kappa shape index (κ2) is 11.4. The van der Waals surface area contributed by atoms with E-state index in [0.717, 1.165) is 54.1 Å². The number of hydrogen-bond donors (Lipinski definition) is 0. The topological polar surface area (TPSA) is 58.4 Å². The monoisotopic (exact) mass is 540 g/mol. The summed E-state index contributed by atoms with van der Waals surface area (Å²) in [5.74, 6) is 3.45. The molecule has 2 fully saturated rings. The van der Waals surface area contributed by atoms with Gasteiger partial charge in [0.15, 0.2) is 9.84 Å². The lowest BCUT2D eigenvalue weighted by Gasteiger charge is -2.49. The van der Waals surface area contributed by atoms with Crippen molar-refractivity contribution in [2.75, 3.05) is 25.9 Å². The van der Waals surface area contributed by atoms with Crippen LogP contribution in [-0.4, -0.2) is 71.8 Å². The molecule has 0 bridgehead atoms. The molecule has 2 saturated heterocycles. The van der Waals surface area contributed by atoms with E-state index >= 15 is 0 Å². The van der Waals surface area contributed by atoms with E-state index in [1.54, 1.807) is 12.1 Å².